The molecule has 3 nitrogen and oxygen atoms in total. The maximum Gasteiger partial charge on any atom is 0.227 e. The van der Waals surface area contributed by atoms with Crippen molar-refractivity contribution in [3.63, 3.8) is 0 Å². The number of hydrogen-bond donors (Lipinski definition) is 0. The van der Waals surface area contributed by atoms with Crippen molar-refractivity contribution in [3.05, 3.63) is 34.6 Å². The zero-order valence-corrected chi connectivity index (χ0v) is 12.1. The number of halogens is 2. The summed E-state index contributed by atoms with van der Waals surface area (Å²) in [6.45, 7) is 3.73. The van der Waals surface area contributed by atoms with Gasteiger partial charge in [0, 0.05) is 30.7 Å². The Kier molecular flexibility index (Phi) is 3.94. The predicted octanol–water partition coefficient (Wildman–Crippen LogP) is 2.33. The Labute approximate surface area is 123 Å². The molecule has 0 aromatic heterocycles. The van der Waals surface area contributed by atoms with Gasteiger partial charge < -0.3 is 4.90 Å². The molecule has 1 aromatic carbocycles. The zero-order chi connectivity index (χ0) is 14.1. The molecule has 0 radical (unpaired) electrons. The first-order chi connectivity index (χ1) is 9.63. The number of amides is 1. The molecule has 0 N–H and O–H groups in total. The number of rotatable bonds is 2. The molecule has 2 saturated heterocycles. The lowest BCUT2D eigenvalue weighted by Gasteiger charge is -2.37. The minimum absolute atomic E-state index is 0.0880. The van der Waals surface area contributed by atoms with Gasteiger partial charge in [0.15, 0.2) is 0 Å². The fourth-order valence-corrected chi connectivity index (χ4v) is 3.39. The molecule has 0 spiro atoms. The van der Waals surface area contributed by atoms with E-state index in [1.807, 2.05) is 4.90 Å². The smallest absolute Gasteiger partial charge is 0.227 e. The fourth-order valence-electron chi connectivity index (χ4n) is 3.16. The molecule has 1 atom stereocenters. The van der Waals surface area contributed by atoms with Gasteiger partial charge in [-0.15, -0.1) is 0 Å². The number of carbonyl (C=O) groups excluding carboxylic acids is 1. The molecule has 5 heteroatoms. The first-order valence-electron chi connectivity index (χ1n) is 7.09. The molecule has 0 bridgehead atoms. The van der Waals surface area contributed by atoms with Crippen LogP contribution in [-0.2, 0) is 11.2 Å². The Morgan fingerprint density at radius 3 is 3.00 bits per heavy atom. The van der Waals surface area contributed by atoms with Crippen molar-refractivity contribution in [1.82, 2.24) is 9.80 Å². The molecular formula is C15H18ClFN2O. The van der Waals surface area contributed by atoms with E-state index in [4.69, 9.17) is 11.6 Å². The predicted molar refractivity (Wildman–Crippen MR) is 76.3 cm³/mol. The van der Waals surface area contributed by atoms with Gasteiger partial charge in [0.25, 0.3) is 0 Å². The van der Waals surface area contributed by atoms with Crippen molar-refractivity contribution >= 4 is 17.5 Å². The molecule has 0 saturated carbocycles. The molecule has 1 amide bonds. The van der Waals surface area contributed by atoms with E-state index in [0.717, 1.165) is 26.2 Å². The summed E-state index contributed by atoms with van der Waals surface area (Å²) in [7, 11) is 0. The molecule has 1 aromatic rings. The summed E-state index contributed by atoms with van der Waals surface area (Å²) in [5.41, 5.74) is 0.701. The highest BCUT2D eigenvalue weighted by Crippen LogP contribution is 2.23. The number of benzene rings is 1. The lowest BCUT2D eigenvalue weighted by molar-refractivity contribution is -0.133. The lowest BCUT2D eigenvalue weighted by atomic mass is 10.1. The van der Waals surface area contributed by atoms with Crippen LogP contribution in [0.1, 0.15) is 18.4 Å². The first-order valence-corrected chi connectivity index (χ1v) is 7.47. The highest BCUT2D eigenvalue weighted by atomic mass is 35.5. The molecule has 20 heavy (non-hydrogen) atoms. The van der Waals surface area contributed by atoms with Gasteiger partial charge in [0.2, 0.25) is 5.91 Å². The second kappa shape index (κ2) is 5.70. The van der Waals surface area contributed by atoms with Crippen molar-refractivity contribution < 1.29 is 9.18 Å². The van der Waals surface area contributed by atoms with Crippen LogP contribution >= 0.6 is 11.6 Å². The Balaban J connectivity index is 1.64. The molecule has 108 valence electrons. The highest BCUT2D eigenvalue weighted by molar-refractivity contribution is 6.31. The normalized spacial score (nSPS) is 22.9. The van der Waals surface area contributed by atoms with E-state index in [-0.39, 0.29) is 18.1 Å². The summed E-state index contributed by atoms with van der Waals surface area (Å²) >= 11 is 5.98. The average molecular weight is 297 g/mol. The molecule has 3 rings (SSSR count). The number of carbonyl (C=O) groups is 1. The second-order valence-electron chi connectivity index (χ2n) is 5.58. The zero-order valence-electron chi connectivity index (χ0n) is 11.3. The summed E-state index contributed by atoms with van der Waals surface area (Å²) in [4.78, 5) is 16.7. The summed E-state index contributed by atoms with van der Waals surface area (Å²) in [5, 5.41) is 0.331. The standard InChI is InChI=1S/C15H18ClFN2O/c16-14-9-12(17)4-3-11(14)8-15(20)19-7-6-18-5-1-2-13(18)10-19/h3-4,9,13H,1-2,5-8,10H2. The third kappa shape index (κ3) is 2.81. The molecule has 2 fully saturated rings. The Morgan fingerprint density at radius 1 is 1.35 bits per heavy atom. The number of nitrogens with zero attached hydrogens (tertiary/aromatic N) is 2. The third-order valence-electron chi connectivity index (χ3n) is 4.30. The maximum absolute atomic E-state index is 13.0. The van der Waals surface area contributed by atoms with Crippen LogP contribution in [0.2, 0.25) is 5.02 Å². The van der Waals surface area contributed by atoms with Crippen LogP contribution in [0.15, 0.2) is 18.2 Å². The maximum atomic E-state index is 13.0. The van der Waals surface area contributed by atoms with Crippen LogP contribution in [0.5, 0.6) is 0 Å². The monoisotopic (exact) mass is 296 g/mol. The van der Waals surface area contributed by atoms with Crippen LogP contribution in [0.3, 0.4) is 0 Å². The number of hydrogen-bond acceptors (Lipinski definition) is 2. The van der Waals surface area contributed by atoms with E-state index < -0.39 is 0 Å². The Bertz CT molecular complexity index is 523. The van der Waals surface area contributed by atoms with E-state index >= 15 is 0 Å². The minimum atomic E-state index is -0.370. The summed E-state index contributed by atoms with van der Waals surface area (Å²) < 4.78 is 13.0. The fraction of sp³-hybridized carbons (Fsp3) is 0.533. The van der Waals surface area contributed by atoms with E-state index in [2.05, 4.69) is 4.90 Å². The largest absolute Gasteiger partial charge is 0.340 e. The summed E-state index contributed by atoms with van der Waals surface area (Å²) in [5.74, 6) is -0.282. The Hall–Kier alpha value is -1.13. The van der Waals surface area contributed by atoms with Gasteiger partial charge >= 0.3 is 0 Å². The van der Waals surface area contributed by atoms with Crippen molar-refractivity contribution in [1.29, 1.82) is 0 Å². The molecule has 2 heterocycles. The second-order valence-corrected chi connectivity index (χ2v) is 5.99. The Morgan fingerprint density at radius 2 is 2.20 bits per heavy atom. The van der Waals surface area contributed by atoms with Crippen molar-refractivity contribution in [2.24, 2.45) is 0 Å². The summed E-state index contributed by atoms with van der Waals surface area (Å²) in [6, 6.07) is 4.74. The average Bonchev–Trinajstić information content (AvgIpc) is 2.89. The van der Waals surface area contributed by atoms with Crippen LogP contribution in [0.25, 0.3) is 0 Å². The van der Waals surface area contributed by atoms with Gasteiger partial charge in [-0.25, -0.2) is 4.39 Å². The molecule has 0 aliphatic carbocycles. The van der Waals surface area contributed by atoms with E-state index in [1.54, 1.807) is 6.07 Å². The van der Waals surface area contributed by atoms with Gasteiger partial charge in [0.05, 0.1) is 6.42 Å². The van der Waals surface area contributed by atoms with Crippen LogP contribution in [0, 0.1) is 5.82 Å². The van der Waals surface area contributed by atoms with Gasteiger partial charge in [-0.2, -0.15) is 0 Å². The number of piperazine rings is 1. The SMILES string of the molecule is O=C(Cc1ccc(F)cc1Cl)N1CCN2CCCC2C1. The lowest BCUT2D eigenvalue weighted by Crippen LogP contribution is -2.52. The molecular weight excluding hydrogens is 279 g/mol. The van der Waals surface area contributed by atoms with Crippen molar-refractivity contribution in [2.45, 2.75) is 25.3 Å². The van der Waals surface area contributed by atoms with E-state index in [0.29, 0.717) is 16.6 Å². The first kappa shape index (κ1) is 13.8. The van der Waals surface area contributed by atoms with Gasteiger partial charge in [-0.05, 0) is 37.1 Å². The number of fused-ring (bicyclic) bond motifs is 1. The van der Waals surface area contributed by atoms with E-state index in [9.17, 15) is 9.18 Å². The van der Waals surface area contributed by atoms with Gasteiger partial charge in [-0.3, -0.25) is 9.69 Å². The molecule has 2 aliphatic rings. The van der Waals surface area contributed by atoms with Gasteiger partial charge in [0.1, 0.15) is 5.82 Å². The van der Waals surface area contributed by atoms with Crippen LogP contribution < -0.4 is 0 Å². The topological polar surface area (TPSA) is 23.6 Å². The van der Waals surface area contributed by atoms with Crippen molar-refractivity contribution in [2.75, 3.05) is 26.2 Å². The summed E-state index contributed by atoms with van der Waals surface area (Å²) in [6.07, 6.45) is 2.67. The molecule has 2 aliphatic heterocycles. The quantitative estimate of drug-likeness (QED) is 0.836. The third-order valence-corrected chi connectivity index (χ3v) is 4.65. The van der Waals surface area contributed by atoms with E-state index in [1.165, 1.54) is 25.0 Å². The minimum Gasteiger partial charge on any atom is -0.340 e. The molecule has 1 unspecified atom stereocenters. The van der Waals surface area contributed by atoms with Gasteiger partial charge in [-0.1, -0.05) is 17.7 Å². The highest BCUT2D eigenvalue weighted by Gasteiger charge is 2.32. The van der Waals surface area contributed by atoms with Crippen molar-refractivity contribution in [3.8, 4) is 0 Å². The van der Waals surface area contributed by atoms with Crippen LogP contribution in [-0.4, -0.2) is 47.9 Å². The van der Waals surface area contributed by atoms with Crippen LogP contribution in [0.4, 0.5) is 4.39 Å².